The Bertz CT molecular complexity index is 4180. The van der Waals surface area contributed by atoms with Crippen molar-refractivity contribution in [3.8, 4) is 62.0 Å². The van der Waals surface area contributed by atoms with Crippen LogP contribution in [0.3, 0.4) is 0 Å². The SMILES string of the molecule is Cc1cc(-c2ccc3c(c2)c2ccccc2n3-c2cc(-c3c(C)cccc3C(F)(F)F)ccc2-c2ccc(C#N)cc2-n2c3ccccc3c3cc(-c4cc(C(F)(F)F)cc(C(F)(F)F)c4)ccc32)cc(C(F)(F)F)c1. The highest BCUT2D eigenvalue weighted by Crippen LogP contribution is 2.47. The predicted octanol–water partition coefficient (Wildman–Crippen LogP) is 19.1. The maximum Gasteiger partial charge on any atom is 0.417 e. The lowest BCUT2D eigenvalue weighted by Crippen LogP contribution is -2.11. The Morgan fingerprint density at radius 2 is 0.829 bits per heavy atom. The number of aryl methyl sites for hydroxylation is 2. The van der Waals surface area contributed by atoms with Crippen molar-refractivity contribution >= 4 is 43.6 Å². The molecule has 2 aromatic heterocycles. The van der Waals surface area contributed by atoms with E-state index in [-0.39, 0.29) is 33.9 Å². The zero-order chi connectivity index (χ0) is 53.8. The van der Waals surface area contributed by atoms with Crippen LogP contribution in [0.2, 0.25) is 0 Å². The Hall–Kier alpha value is -8.77. The highest BCUT2D eigenvalue weighted by atomic mass is 19.4. The minimum Gasteiger partial charge on any atom is -0.309 e. The van der Waals surface area contributed by atoms with Crippen LogP contribution < -0.4 is 0 Å². The molecule has 0 bridgehead atoms. The second-order valence-electron chi connectivity index (χ2n) is 18.6. The molecule has 0 saturated carbocycles. The van der Waals surface area contributed by atoms with Gasteiger partial charge in [0.25, 0.3) is 0 Å². The molecule has 0 aliphatic heterocycles. The molecule has 0 radical (unpaired) electrons. The van der Waals surface area contributed by atoms with E-state index >= 15 is 0 Å². The van der Waals surface area contributed by atoms with Gasteiger partial charge >= 0.3 is 24.7 Å². The Labute approximate surface area is 424 Å². The van der Waals surface area contributed by atoms with Crippen LogP contribution in [-0.2, 0) is 24.7 Å². The van der Waals surface area contributed by atoms with Gasteiger partial charge in [-0.25, -0.2) is 0 Å². The van der Waals surface area contributed by atoms with Gasteiger partial charge in [0.2, 0.25) is 0 Å². The summed E-state index contributed by atoms with van der Waals surface area (Å²) in [5.74, 6) is 0. The number of benzene rings is 9. The average Bonchev–Trinajstić information content (AvgIpc) is 3.90. The van der Waals surface area contributed by atoms with Gasteiger partial charge in [0, 0.05) is 32.7 Å². The molecule has 11 rings (SSSR count). The zero-order valence-corrected chi connectivity index (χ0v) is 39.6. The first kappa shape index (κ1) is 49.4. The Morgan fingerprint density at radius 1 is 0.368 bits per heavy atom. The number of aromatic nitrogens is 2. The van der Waals surface area contributed by atoms with Gasteiger partial charge in [-0.15, -0.1) is 0 Å². The van der Waals surface area contributed by atoms with Gasteiger partial charge in [-0.1, -0.05) is 84.9 Å². The van der Waals surface area contributed by atoms with Crippen molar-refractivity contribution in [2.24, 2.45) is 0 Å². The molecule has 15 heteroatoms. The highest BCUT2D eigenvalue weighted by molar-refractivity contribution is 6.13. The molecule has 11 aromatic rings. The minimum atomic E-state index is -5.09. The van der Waals surface area contributed by atoms with E-state index in [9.17, 15) is 57.9 Å². The molecule has 3 nitrogen and oxygen atoms in total. The van der Waals surface area contributed by atoms with Gasteiger partial charge < -0.3 is 9.13 Å². The first-order valence-corrected chi connectivity index (χ1v) is 23.4. The summed E-state index contributed by atoms with van der Waals surface area (Å²) in [5, 5.41) is 12.7. The van der Waals surface area contributed by atoms with E-state index < -0.39 is 47.0 Å². The fraction of sp³-hybridized carbons (Fsp3) is 0.0984. The number of hydrogen-bond donors (Lipinski definition) is 0. The molecule has 0 amide bonds. The molecule has 0 unspecified atom stereocenters. The predicted molar refractivity (Wildman–Crippen MR) is 271 cm³/mol. The maximum absolute atomic E-state index is 14.9. The highest BCUT2D eigenvalue weighted by Gasteiger charge is 2.38. The third-order valence-corrected chi connectivity index (χ3v) is 13.8. The van der Waals surface area contributed by atoms with E-state index in [1.165, 1.54) is 18.2 Å². The summed E-state index contributed by atoms with van der Waals surface area (Å²) in [7, 11) is 0. The molecular formula is C61H35F12N3. The van der Waals surface area contributed by atoms with E-state index in [1.807, 2.05) is 21.3 Å². The van der Waals surface area contributed by atoms with Crippen molar-refractivity contribution in [1.82, 2.24) is 9.13 Å². The second-order valence-corrected chi connectivity index (χ2v) is 18.6. The van der Waals surface area contributed by atoms with Crippen molar-refractivity contribution in [1.29, 1.82) is 5.26 Å². The smallest absolute Gasteiger partial charge is 0.309 e. The third-order valence-electron chi connectivity index (χ3n) is 13.8. The first-order chi connectivity index (χ1) is 36.0. The van der Waals surface area contributed by atoms with Crippen molar-refractivity contribution < 1.29 is 52.7 Å². The topological polar surface area (TPSA) is 33.6 Å². The summed E-state index contributed by atoms with van der Waals surface area (Å²) >= 11 is 0. The van der Waals surface area contributed by atoms with Crippen molar-refractivity contribution in [2.45, 2.75) is 38.6 Å². The summed E-state index contributed by atoms with van der Waals surface area (Å²) in [6.45, 7) is 3.14. The standard InChI is InChI=1S/C61H35F12N3/c1-33-22-39(25-41(23-33)58(62,63)64)36-16-20-54-48(28-36)45-10-4-6-13-52(45)76(54)56-30-38(57-34(2)8-7-11-50(57)61(71,72)73)15-19-47(56)46-18-14-35(32-74)24-55(46)75-51-12-5-3-9-44(51)49-29-37(17-21-53(49)75)40-26-42(59(65,66)67)31-43(27-40)60(68,69)70/h3-31H,1-2H3. The lowest BCUT2D eigenvalue weighted by Gasteiger charge is -2.21. The van der Waals surface area contributed by atoms with E-state index in [1.54, 1.807) is 123 Å². The number of rotatable bonds is 6. The van der Waals surface area contributed by atoms with Crippen LogP contribution in [0.15, 0.2) is 176 Å². The number of halogens is 12. The first-order valence-electron chi connectivity index (χ1n) is 23.4. The van der Waals surface area contributed by atoms with Crippen LogP contribution in [0, 0.1) is 25.2 Å². The fourth-order valence-electron chi connectivity index (χ4n) is 10.5. The van der Waals surface area contributed by atoms with Crippen LogP contribution in [0.1, 0.15) is 38.9 Å². The van der Waals surface area contributed by atoms with Crippen LogP contribution >= 0.6 is 0 Å². The largest absolute Gasteiger partial charge is 0.417 e. The third kappa shape index (κ3) is 8.57. The van der Waals surface area contributed by atoms with Crippen molar-refractivity contribution in [3.63, 3.8) is 0 Å². The summed E-state index contributed by atoms with van der Waals surface area (Å²) in [6.07, 6.45) is -19.6. The molecule has 76 heavy (non-hydrogen) atoms. The summed E-state index contributed by atoms with van der Waals surface area (Å²) in [6, 6.07) is 44.9. The van der Waals surface area contributed by atoms with Gasteiger partial charge in [0.15, 0.2) is 0 Å². The maximum atomic E-state index is 14.9. The molecule has 0 fully saturated rings. The van der Waals surface area contributed by atoms with Gasteiger partial charge in [0.1, 0.15) is 0 Å². The Balaban J connectivity index is 1.20. The Kier molecular flexibility index (Phi) is 11.5. The van der Waals surface area contributed by atoms with Gasteiger partial charge in [0.05, 0.1) is 67.3 Å². The van der Waals surface area contributed by atoms with E-state index in [0.29, 0.717) is 100 Å². The van der Waals surface area contributed by atoms with Crippen LogP contribution in [0.4, 0.5) is 52.7 Å². The number of fused-ring (bicyclic) bond motifs is 6. The lowest BCUT2D eigenvalue weighted by molar-refractivity contribution is -0.143. The molecule has 9 aromatic carbocycles. The molecule has 378 valence electrons. The van der Waals surface area contributed by atoms with Gasteiger partial charge in [-0.2, -0.15) is 57.9 Å². The quantitative estimate of drug-likeness (QED) is 0.153. The summed E-state index contributed by atoms with van der Waals surface area (Å²) in [4.78, 5) is 0. The fourth-order valence-corrected chi connectivity index (χ4v) is 10.5. The van der Waals surface area contributed by atoms with Crippen molar-refractivity contribution in [3.05, 3.63) is 215 Å². The van der Waals surface area contributed by atoms with Crippen LogP contribution in [0.5, 0.6) is 0 Å². The normalized spacial score (nSPS) is 12.6. The number of nitrogens with zero attached hydrogens (tertiary/aromatic N) is 3. The molecule has 0 spiro atoms. The molecule has 0 atom stereocenters. The minimum absolute atomic E-state index is 0.0584. The molecule has 0 saturated heterocycles. The molecule has 0 aliphatic rings. The van der Waals surface area contributed by atoms with E-state index in [4.69, 9.17) is 0 Å². The number of hydrogen-bond acceptors (Lipinski definition) is 1. The number of para-hydroxylation sites is 2. The average molecular weight is 1040 g/mol. The van der Waals surface area contributed by atoms with Crippen LogP contribution in [0.25, 0.3) is 99.5 Å². The molecular weight excluding hydrogens is 1000 g/mol. The van der Waals surface area contributed by atoms with Crippen LogP contribution in [-0.4, -0.2) is 9.13 Å². The lowest BCUT2D eigenvalue weighted by atomic mass is 9.91. The van der Waals surface area contributed by atoms with Gasteiger partial charge in [-0.3, -0.25) is 0 Å². The molecule has 2 heterocycles. The van der Waals surface area contributed by atoms with E-state index in [2.05, 4.69) is 6.07 Å². The monoisotopic (exact) mass is 1040 g/mol. The van der Waals surface area contributed by atoms with E-state index in [0.717, 1.165) is 18.2 Å². The van der Waals surface area contributed by atoms with Gasteiger partial charge in [-0.05, 0) is 149 Å². The number of nitriles is 1. The summed E-state index contributed by atoms with van der Waals surface area (Å²) in [5.41, 5.74) is 0.725. The second kappa shape index (κ2) is 17.7. The zero-order valence-electron chi connectivity index (χ0n) is 39.6. The molecule has 0 N–H and O–H groups in total. The molecule has 0 aliphatic carbocycles. The van der Waals surface area contributed by atoms with Crippen molar-refractivity contribution in [2.75, 3.05) is 0 Å². The Morgan fingerprint density at radius 3 is 1.34 bits per heavy atom. The number of alkyl halides is 12. The summed E-state index contributed by atoms with van der Waals surface area (Å²) < 4.78 is 175.